The molecule has 9 heteroatoms. The maximum atomic E-state index is 11.6. The standard InChI is InChI=1S/C10H12Cl2N4O3/c1-2-13-7(17)4-14-8(18)5-16-10(19)9(12)6(11)3-15-16/h3H,2,4-5H2,1H3,(H,13,17)(H,14,18). The first-order chi connectivity index (χ1) is 8.95. The number of amides is 2. The van der Waals surface area contributed by atoms with Crippen molar-refractivity contribution in [3.8, 4) is 0 Å². The molecule has 0 aliphatic heterocycles. The zero-order valence-corrected chi connectivity index (χ0v) is 11.6. The smallest absolute Gasteiger partial charge is 0.287 e. The lowest BCUT2D eigenvalue weighted by molar-refractivity contribution is -0.126. The van der Waals surface area contributed by atoms with Gasteiger partial charge in [0.15, 0.2) is 0 Å². The average molecular weight is 307 g/mol. The lowest BCUT2D eigenvalue weighted by atomic mass is 10.5. The Kier molecular flexibility index (Phi) is 5.78. The molecule has 0 aliphatic rings. The predicted octanol–water partition coefficient (Wildman–Crippen LogP) is -0.198. The fourth-order valence-electron chi connectivity index (χ4n) is 1.19. The zero-order chi connectivity index (χ0) is 14.4. The molecule has 0 atom stereocenters. The van der Waals surface area contributed by atoms with Gasteiger partial charge in [-0.25, -0.2) is 4.68 Å². The first-order valence-corrected chi connectivity index (χ1v) is 6.15. The Labute approximate surface area is 118 Å². The van der Waals surface area contributed by atoms with Crippen LogP contribution in [-0.4, -0.2) is 34.7 Å². The van der Waals surface area contributed by atoms with Gasteiger partial charge in [0.25, 0.3) is 5.56 Å². The third-order valence-electron chi connectivity index (χ3n) is 2.06. The Morgan fingerprint density at radius 2 is 2.00 bits per heavy atom. The zero-order valence-electron chi connectivity index (χ0n) is 10.1. The van der Waals surface area contributed by atoms with Gasteiger partial charge in [-0.15, -0.1) is 0 Å². The van der Waals surface area contributed by atoms with E-state index in [9.17, 15) is 14.4 Å². The molecule has 1 rings (SSSR count). The van der Waals surface area contributed by atoms with Crippen LogP contribution < -0.4 is 16.2 Å². The molecule has 0 radical (unpaired) electrons. The summed E-state index contributed by atoms with van der Waals surface area (Å²) in [4.78, 5) is 34.2. The fraction of sp³-hybridized carbons (Fsp3) is 0.400. The van der Waals surface area contributed by atoms with Gasteiger partial charge in [0.05, 0.1) is 17.8 Å². The van der Waals surface area contributed by atoms with Crippen LogP contribution in [0.25, 0.3) is 0 Å². The van der Waals surface area contributed by atoms with Gasteiger partial charge in [-0.05, 0) is 6.92 Å². The molecule has 2 amide bonds. The number of aromatic nitrogens is 2. The van der Waals surface area contributed by atoms with Gasteiger partial charge in [0, 0.05) is 6.54 Å². The minimum absolute atomic E-state index is 0.0191. The highest BCUT2D eigenvalue weighted by atomic mass is 35.5. The molecular weight excluding hydrogens is 295 g/mol. The summed E-state index contributed by atoms with van der Waals surface area (Å²) in [6.07, 6.45) is 1.17. The Bertz CT molecular complexity index is 544. The summed E-state index contributed by atoms with van der Waals surface area (Å²) in [5.74, 6) is -0.843. The summed E-state index contributed by atoms with van der Waals surface area (Å²) < 4.78 is 0.862. The van der Waals surface area contributed by atoms with E-state index in [2.05, 4.69) is 15.7 Å². The molecule has 104 valence electrons. The average Bonchev–Trinajstić information content (AvgIpc) is 2.37. The van der Waals surface area contributed by atoms with Crippen molar-refractivity contribution in [2.45, 2.75) is 13.5 Å². The van der Waals surface area contributed by atoms with Crippen LogP contribution in [0.1, 0.15) is 6.92 Å². The molecule has 0 aliphatic carbocycles. The van der Waals surface area contributed by atoms with Gasteiger partial charge in [-0.3, -0.25) is 14.4 Å². The van der Waals surface area contributed by atoms with Crippen molar-refractivity contribution in [3.63, 3.8) is 0 Å². The highest BCUT2D eigenvalue weighted by Gasteiger charge is 2.11. The van der Waals surface area contributed by atoms with Gasteiger partial charge in [-0.2, -0.15) is 5.10 Å². The van der Waals surface area contributed by atoms with E-state index >= 15 is 0 Å². The van der Waals surface area contributed by atoms with E-state index in [4.69, 9.17) is 23.2 Å². The number of carbonyl (C=O) groups is 2. The number of rotatable bonds is 5. The molecule has 0 spiro atoms. The van der Waals surface area contributed by atoms with Crippen molar-refractivity contribution in [2.24, 2.45) is 0 Å². The van der Waals surface area contributed by atoms with Crippen LogP contribution in [-0.2, 0) is 16.1 Å². The third-order valence-corrected chi connectivity index (χ3v) is 2.80. The molecule has 0 fully saturated rings. The van der Waals surface area contributed by atoms with Crippen LogP contribution in [0.3, 0.4) is 0 Å². The van der Waals surface area contributed by atoms with Gasteiger partial charge in [-0.1, -0.05) is 23.2 Å². The van der Waals surface area contributed by atoms with Crippen molar-refractivity contribution in [3.05, 3.63) is 26.6 Å². The quantitative estimate of drug-likeness (QED) is 0.788. The molecule has 19 heavy (non-hydrogen) atoms. The molecule has 0 unspecified atom stereocenters. The number of halogens is 2. The largest absolute Gasteiger partial charge is 0.355 e. The van der Waals surface area contributed by atoms with Gasteiger partial charge < -0.3 is 10.6 Å². The van der Waals surface area contributed by atoms with Crippen LogP contribution in [0.4, 0.5) is 0 Å². The molecule has 0 bridgehead atoms. The summed E-state index contributed by atoms with van der Waals surface area (Å²) in [5.41, 5.74) is -0.665. The van der Waals surface area contributed by atoms with Crippen LogP contribution >= 0.6 is 23.2 Å². The lowest BCUT2D eigenvalue weighted by Crippen LogP contribution is -2.40. The summed E-state index contributed by atoms with van der Waals surface area (Å²) in [6, 6.07) is 0. The van der Waals surface area contributed by atoms with Crippen molar-refractivity contribution < 1.29 is 9.59 Å². The highest BCUT2D eigenvalue weighted by Crippen LogP contribution is 2.14. The molecule has 2 N–H and O–H groups in total. The van der Waals surface area contributed by atoms with Gasteiger partial charge in [0.2, 0.25) is 11.8 Å². The SMILES string of the molecule is CCNC(=O)CNC(=O)Cn1ncc(Cl)c(Cl)c1=O. The van der Waals surface area contributed by atoms with E-state index < -0.39 is 11.5 Å². The van der Waals surface area contributed by atoms with Crippen LogP contribution in [0, 0.1) is 0 Å². The van der Waals surface area contributed by atoms with Crippen molar-refractivity contribution in [1.29, 1.82) is 0 Å². The normalized spacial score (nSPS) is 10.1. The van der Waals surface area contributed by atoms with E-state index in [1.807, 2.05) is 0 Å². The maximum absolute atomic E-state index is 11.6. The summed E-state index contributed by atoms with van der Waals surface area (Å²) in [5, 5.41) is 8.35. The Balaban J connectivity index is 2.61. The van der Waals surface area contributed by atoms with Crippen molar-refractivity contribution in [2.75, 3.05) is 13.1 Å². The van der Waals surface area contributed by atoms with E-state index in [0.717, 1.165) is 4.68 Å². The number of hydrogen-bond donors (Lipinski definition) is 2. The number of carbonyl (C=O) groups excluding carboxylic acids is 2. The topological polar surface area (TPSA) is 93.1 Å². The molecule has 0 saturated heterocycles. The van der Waals surface area contributed by atoms with Gasteiger partial charge >= 0.3 is 0 Å². The third kappa shape index (κ3) is 4.53. The van der Waals surface area contributed by atoms with Crippen LogP contribution in [0.15, 0.2) is 11.0 Å². The summed E-state index contributed by atoms with van der Waals surface area (Å²) in [6.45, 7) is 1.74. The maximum Gasteiger partial charge on any atom is 0.287 e. The van der Waals surface area contributed by atoms with Gasteiger partial charge in [0.1, 0.15) is 11.6 Å². The minimum Gasteiger partial charge on any atom is -0.355 e. The van der Waals surface area contributed by atoms with Crippen molar-refractivity contribution in [1.82, 2.24) is 20.4 Å². The lowest BCUT2D eigenvalue weighted by Gasteiger charge is -2.07. The van der Waals surface area contributed by atoms with Crippen LogP contribution in [0.2, 0.25) is 10.0 Å². The van der Waals surface area contributed by atoms with E-state index in [0.29, 0.717) is 6.54 Å². The summed E-state index contributed by atoms with van der Waals surface area (Å²) in [7, 11) is 0. The molecule has 1 aromatic rings. The Morgan fingerprint density at radius 1 is 1.32 bits per heavy atom. The number of nitrogens with zero attached hydrogens (tertiary/aromatic N) is 2. The van der Waals surface area contributed by atoms with E-state index in [1.54, 1.807) is 6.92 Å². The first kappa shape index (κ1) is 15.5. The van der Waals surface area contributed by atoms with Crippen molar-refractivity contribution >= 4 is 35.0 Å². The summed E-state index contributed by atoms with van der Waals surface area (Å²) >= 11 is 11.2. The number of hydrogen-bond acceptors (Lipinski definition) is 4. The van der Waals surface area contributed by atoms with E-state index in [-0.39, 0.29) is 29.0 Å². The molecule has 1 aromatic heterocycles. The second kappa shape index (κ2) is 7.10. The van der Waals surface area contributed by atoms with E-state index in [1.165, 1.54) is 6.20 Å². The molecule has 0 aromatic carbocycles. The Morgan fingerprint density at radius 3 is 2.63 bits per heavy atom. The molecule has 1 heterocycles. The highest BCUT2D eigenvalue weighted by molar-refractivity contribution is 6.41. The molecule has 0 saturated carbocycles. The number of nitrogens with one attached hydrogen (secondary N) is 2. The fourth-order valence-corrected chi connectivity index (χ4v) is 1.46. The second-order valence-electron chi connectivity index (χ2n) is 3.50. The molecule has 7 nitrogen and oxygen atoms in total. The minimum atomic E-state index is -0.665. The first-order valence-electron chi connectivity index (χ1n) is 5.40. The second-order valence-corrected chi connectivity index (χ2v) is 4.28. The number of likely N-dealkylation sites (N-methyl/N-ethyl adjacent to an activating group) is 1. The predicted molar refractivity (Wildman–Crippen MR) is 70.2 cm³/mol. The molecular formula is C10H12Cl2N4O3. The van der Waals surface area contributed by atoms with Crippen LogP contribution in [0.5, 0.6) is 0 Å². The monoisotopic (exact) mass is 306 g/mol. The Hall–Kier alpha value is -1.60.